The van der Waals surface area contributed by atoms with Crippen LogP contribution in [0.3, 0.4) is 0 Å². The Hall–Kier alpha value is -1.69. The van der Waals surface area contributed by atoms with Gasteiger partial charge in [0.05, 0.1) is 11.6 Å². The van der Waals surface area contributed by atoms with E-state index in [0.29, 0.717) is 6.04 Å². The highest BCUT2D eigenvalue weighted by molar-refractivity contribution is 5.87. The van der Waals surface area contributed by atoms with Crippen molar-refractivity contribution in [3.05, 3.63) is 12.0 Å². The van der Waals surface area contributed by atoms with Crippen molar-refractivity contribution in [3.63, 3.8) is 0 Å². The molecular weight excluding hydrogens is 276 g/mol. The number of hydrogen-bond donors (Lipinski definition) is 0. The largest absolute Gasteiger partial charge is 0.354 e. The van der Waals surface area contributed by atoms with Crippen molar-refractivity contribution in [1.29, 1.82) is 0 Å². The van der Waals surface area contributed by atoms with Gasteiger partial charge in [-0.1, -0.05) is 0 Å². The summed E-state index contributed by atoms with van der Waals surface area (Å²) in [5, 5.41) is 5.44. The lowest BCUT2D eigenvalue weighted by Crippen LogP contribution is -2.47. The topological polar surface area (TPSA) is 50.1 Å². The summed E-state index contributed by atoms with van der Waals surface area (Å²) in [6.45, 7) is 6.68. The predicted molar refractivity (Wildman–Crippen MR) is 87.1 cm³/mol. The maximum atomic E-state index is 4.74. The molecule has 0 spiro atoms. The van der Waals surface area contributed by atoms with Crippen molar-refractivity contribution in [2.45, 2.75) is 38.6 Å². The first-order valence-electron chi connectivity index (χ1n) is 8.38. The molecule has 1 atom stereocenters. The second kappa shape index (κ2) is 5.50. The minimum Gasteiger partial charge on any atom is -0.354 e. The molecule has 4 heterocycles. The fourth-order valence-electron chi connectivity index (χ4n) is 3.91. The molecule has 22 heavy (non-hydrogen) atoms. The maximum absolute atomic E-state index is 4.74. The van der Waals surface area contributed by atoms with Gasteiger partial charge in [0.25, 0.3) is 0 Å². The van der Waals surface area contributed by atoms with Crippen LogP contribution in [0, 0.1) is 6.92 Å². The van der Waals surface area contributed by atoms with E-state index in [1.807, 2.05) is 24.9 Å². The lowest BCUT2D eigenvalue weighted by Gasteiger charge is -2.38. The van der Waals surface area contributed by atoms with Gasteiger partial charge in [0.2, 0.25) is 0 Å². The van der Waals surface area contributed by atoms with E-state index in [0.717, 1.165) is 35.8 Å². The predicted octanol–water partition coefficient (Wildman–Crippen LogP) is 1.74. The SMILES string of the molecule is Cc1nc(N2CCC[C@H](N3CCCC3)C2)c2cnn(C)c2n1. The molecule has 2 aliphatic rings. The molecule has 6 heteroatoms. The quantitative estimate of drug-likeness (QED) is 0.845. The minimum absolute atomic E-state index is 0.679. The van der Waals surface area contributed by atoms with Gasteiger partial charge in [-0.15, -0.1) is 0 Å². The summed E-state index contributed by atoms with van der Waals surface area (Å²) in [7, 11) is 1.95. The number of anilines is 1. The van der Waals surface area contributed by atoms with Gasteiger partial charge in [0.15, 0.2) is 5.65 Å². The maximum Gasteiger partial charge on any atom is 0.163 e. The molecule has 6 nitrogen and oxygen atoms in total. The van der Waals surface area contributed by atoms with Crippen molar-refractivity contribution in [3.8, 4) is 0 Å². The van der Waals surface area contributed by atoms with Gasteiger partial charge in [-0.3, -0.25) is 9.58 Å². The van der Waals surface area contributed by atoms with Crippen LogP contribution >= 0.6 is 0 Å². The number of likely N-dealkylation sites (tertiary alicyclic amines) is 1. The summed E-state index contributed by atoms with van der Waals surface area (Å²) in [4.78, 5) is 14.4. The molecule has 2 aliphatic heterocycles. The number of rotatable bonds is 2. The number of nitrogens with zero attached hydrogens (tertiary/aromatic N) is 6. The van der Waals surface area contributed by atoms with Crippen molar-refractivity contribution in [2.75, 3.05) is 31.1 Å². The van der Waals surface area contributed by atoms with Crippen LogP contribution in [0.1, 0.15) is 31.5 Å². The third kappa shape index (κ3) is 2.35. The van der Waals surface area contributed by atoms with E-state index in [4.69, 9.17) is 4.98 Å². The van der Waals surface area contributed by atoms with Crippen LogP contribution in [0.2, 0.25) is 0 Å². The molecule has 0 bridgehead atoms. The van der Waals surface area contributed by atoms with E-state index in [1.54, 1.807) is 0 Å². The number of piperidine rings is 1. The molecule has 118 valence electrons. The molecule has 2 saturated heterocycles. The Kier molecular flexibility index (Phi) is 3.48. The normalized spacial score (nSPS) is 23.5. The van der Waals surface area contributed by atoms with Gasteiger partial charge in [-0.25, -0.2) is 9.97 Å². The van der Waals surface area contributed by atoms with Gasteiger partial charge in [-0.05, 0) is 45.7 Å². The second-order valence-corrected chi connectivity index (χ2v) is 6.59. The van der Waals surface area contributed by atoms with Crippen LogP contribution in [0.25, 0.3) is 11.0 Å². The first-order chi connectivity index (χ1) is 10.7. The lowest BCUT2D eigenvalue weighted by molar-refractivity contribution is 0.215. The summed E-state index contributed by atoms with van der Waals surface area (Å²) in [6.07, 6.45) is 7.18. The summed E-state index contributed by atoms with van der Waals surface area (Å²) >= 11 is 0. The van der Waals surface area contributed by atoms with Gasteiger partial charge in [0.1, 0.15) is 11.6 Å². The van der Waals surface area contributed by atoms with Crippen molar-refractivity contribution in [2.24, 2.45) is 7.05 Å². The van der Waals surface area contributed by atoms with E-state index >= 15 is 0 Å². The standard InChI is InChI=1S/C16H24N6/c1-12-18-15-14(10-17-20(15)2)16(19-12)22-9-5-6-13(11-22)21-7-3-4-8-21/h10,13H,3-9,11H2,1-2H3/t13-/m0/s1. The van der Waals surface area contributed by atoms with E-state index in [9.17, 15) is 0 Å². The van der Waals surface area contributed by atoms with Gasteiger partial charge in [-0.2, -0.15) is 5.10 Å². The highest BCUT2D eigenvalue weighted by atomic mass is 15.3. The number of aryl methyl sites for hydroxylation is 2. The van der Waals surface area contributed by atoms with E-state index in [2.05, 4.69) is 19.9 Å². The molecule has 2 fully saturated rings. The van der Waals surface area contributed by atoms with Crippen molar-refractivity contribution < 1.29 is 0 Å². The molecule has 0 radical (unpaired) electrons. The number of aromatic nitrogens is 4. The summed E-state index contributed by atoms with van der Waals surface area (Å²) in [5.74, 6) is 1.90. The Morgan fingerprint density at radius 1 is 1.09 bits per heavy atom. The number of fused-ring (bicyclic) bond motifs is 1. The lowest BCUT2D eigenvalue weighted by atomic mass is 10.0. The highest BCUT2D eigenvalue weighted by Gasteiger charge is 2.28. The average Bonchev–Trinajstić information content (AvgIpc) is 3.18. The van der Waals surface area contributed by atoms with E-state index in [-0.39, 0.29) is 0 Å². The van der Waals surface area contributed by atoms with Crippen LogP contribution in [-0.2, 0) is 7.05 Å². The zero-order valence-corrected chi connectivity index (χ0v) is 13.5. The van der Waals surface area contributed by atoms with Crippen LogP contribution in [0.15, 0.2) is 6.20 Å². The second-order valence-electron chi connectivity index (χ2n) is 6.59. The molecule has 2 aromatic rings. The molecule has 0 aromatic carbocycles. The zero-order chi connectivity index (χ0) is 15.1. The number of hydrogen-bond acceptors (Lipinski definition) is 5. The van der Waals surface area contributed by atoms with Crippen LogP contribution in [-0.4, -0.2) is 56.9 Å². The van der Waals surface area contributed by atoms with Crippen molar-refractivity contribution in [1.82, 2.24) is 24.6 Å². The summed E-state index contributed by atoms with van der Waals surface area (Å²) in [6, 6.07) is 0.679. The zero-order valence-electron chi connectivity index (χ0n) is 13.5. The monoisotopic (exact) mass is 300 g/mol. The molecule has 4 rings (SSSR count). The summed E-state index contributed by atoms with van der Waals surface area (Å²) in [5.41, 5.74) is 0.936. The average molecular weight is 300 g/mol. The smallest absolute Gasteiger partial charge is 0.163 e. The fraction of sp³-hybridized carbons (Fsp3) is 0.688. The third-order valence-corrected chi connectivity index (χ3v) is 5.04. The van der Waals surface area contributed by atoms with Crippen LogP contribution < -0.4 is 4.90 Å². The van der Waals surface area contributed by atoms with Crippen LogP contribution in [0.4, 0.5) is 5.82 Å². The van der Waals surface area contributed by atoms with E-state index in [1.165, 1.54) is 38.8 Å². The van der Waals surface area contributed by atoms with Gasteiger partial charge < -0.3 is 4.90 Å². The Bertz CT molecular complexity index is 673. The Balaban J connectivity index is 1.66. The highest BCUT2D eigenvalue weighted by Crippen LogP contribution is 2.28. The molecule has 0 N–H and O–H groups in total. The molecule has 0 saturated carbocycles. The Labute approximate surface area is 131 Å². The molecule has 0 amide bonds. The van der Waals surface area contributed by atoms with E-state index < -0.39 is 0 Å². The summed E-state index contributed by atoms with van der Waals surface area (Å²) < 4.78 is 1.84. The van der Waals surface area contributed by atoms with Crippen molar-refractivity contribution >= 4 is 16.9 Å². The minimum atomic E-state index is 0.679. The molecule has 0 aliphatic carbocycles. The Morgan fingerprint density at radius 3 is 2.73 bits per heavy atom. The van der Waals surface area contributed by atoms with Gasteiger partial charge >= 0.3 is 0 Å². The molecule has 2 aromatic heterocycles. The fourth-order valence-corrected chi connectivity index (χ4v) is 3.91. The first kappa shape index (κ1) is 13.9. The third-order valence-electron chi connectivity index (χ3n) is 5.04. The van der Waals surface area contributed by atoms with Gasteiger partial charge in [0, 0.05) is 26.2 Å². The Morgan fingerprint density at radius 2 is 1.91 bits per heavy atom. The first-order valence-corrected chi connectivity index (χ1v) is 8.38. The molecular formula is C16H24N6. The molecule has 0 unspecified atom stereocenters. The van der Waals surface area contributed by atoms with Crippen LogP contribution in [0.5, 0.6) is 0 Å².